The largest absolute Gasteiger partial charge is 1.00 e. The van der Waals surface area contributed by atoms with Gasteiger partial charge in [0.05, 0.1) is 7.05 Å². The second-order valence-electron chi connectivity index (χ2n) is 10.7. The van der Waals surface area contributed by atoms with E-state index >= 15 is 0 Å². The minimum absolute atomic E-state index is 0. The number of hydrogen-bond donors (Lipinski definition) is 0. The van der Waals surface area contributed by atoms with Gasteiger partial charge in [-0.25, -0.2) is 4.48 Å². The van der Waals surface area contributed by atoms with Crippen LogP contribution in [0.25, 0.3) is 0 Å². The van der Waals surface area contributed by atoms with Crippen molar-refractivity contribution in [2.75, 3.05) is 7.05 Å². The maximum Gasteiger partial charge on any atom is 0.195 e. The smallest absolute Gasteiger partial charge is 0.195 e. The standard InChI is InChI=1S/C32H49N2.ClH/c1-3-4-5-6-7-8-9-10-11-12-13-14-15-16-17-21-29-22-20-23-30(26-29)27-34(2)28-33-31-24-18-19-25-32(31)34;/h18-20,22-26,28H,3-17,21,27H2,1-2H3;1H/q+1;/p-1. The third-order valence-electron chi connectivity index (χ3n) is 7.46. The Morgan fingerprint density at radius 1 is 0.629 bits per heavy atom. The number of unbranched alkanes of at least 4 members (excludes halogenated alkanes) is 14. The molecule has 2 aromatic carbocycles. The van der Waals surface area contributed by atoms with Gasteiger partial charge in [-0.15, -0.1) is 0 Å². The summed E-state index contributed by atoms with van der Waals surface area (Å²) >= 11 is 0. The minimum Gasteiger partial charge on any atom is -1.00 e. The van der Waals surface area contributed by atoms with Crippen molar-refractivity contribution < 1.29 is 12.4 Å². The van der Waals surface area contributed by atoms with Gasteiger partial charge in [-0.3, -0.25) is 0 Å². The van der Waals surface area contributed by atoms with Crippen LogP contribution in [0.4, 0.5) is 11.4 Å². The molecule has 0 saturated carbocycles. The average molecular weight is 497 g/mol. The topological polar surface area (TPSA) is 12.4 Å². The van der Waals surface area contributed by atoms with Crippen molar-refractivity contribution in [1.29, 1.82) is 0 Å². The van der Waals surface area contributed by atoms with Crippen LogP contribution in [-0.4, -0.2) is 13.4 Å². The molecule has 3 rings (SSSR count). The SMILES string of the molecule is CCCCCCCCCCCCCCCCCc1cccc(C[N+]2(C)C=Nc3ccccc32)c1.[Cl-]. The maximum atomic E-state index is 4.64. The molecular formula is C32H49ClN2. The van der Waals surface area contributed by atoms with Gasteiger partial charge in [-0.1, -0.05) is 133 Å². The molecule has 1 aliphatic rings. The van der Waals surface area contributed by atoms with Crippen molar-refractivity contribution in [1.82, 2.24) is 4.48 Å². The number of rotatable bonds is 18. The fourth-order valence-electron chi connectivity index (χ4n) is 5.35. The number of benzene rings is 2. The van der Waals surface area contributed by atoms with Crippen LogP contribution < -0.4 is 16.9 Å². The summed E-state index contributed by atoms with van der Waals surface area (Å²) in [5.74, 6) is 0. The van der Waals surface area contributed by atoms with Gasteiger partial charge in [-0.2, -0.15) is 4.99 Å². The van der Waals surface area contributed by atoms with E-state index in [0.29, 0.717) is 0 Å². The lowest BCUT2D eigenvalue weighted by Crippen LogP contribution is -3.00. The number of nitrogens with zero attached hydrogens (tertiary/aromatic N) is 2. The molecule has 194 valence electrons. The Hall–Kier alpha value is -1.64. The summed E-state index contributed by atoms with van der Waals surface area (Å²) in [6, 6.07) is 17.8. The molecular weight excluding hydrogens is 448 g/mol. The van der Waals surface area contributed by atoms with E-state index in [2.05, 4.69) is 73.8 Å². The molecule has 0 amide bonds. The molecule has 35 heavy (non-hydrogen) atoms. The summed E-state index contributed by atoms with van der Waals surface area (Å²) in [6.07, 6.45) is 24.7. The van der Waals surface area contributed by atoms with Crippen LogP contribution in [0.1, 0.15) is 114 Å². The molecule has 0 N–H and O–H groups in total. The Morgan fingerprint density at radius 3 is 1.80 bits per heavy atom. The zero-order valence-corrected chi connectivity index (χ0v) is 23.2. The molecule has 1 aliphatic heterocycles. The monoisotopic (exact) mass is 496 g/mol. The Labute approximate surface area is 222 Å². The average Bonchev–Trinajstić information content (AvgIpc) is 3.18. The van der Waals surface area contributed by atoms with Gasteiger partial charge in [0, 0.05) is 11.6 Å². The predicted molar refractivity (Wildman–Crippen MR) is 151 cm³/mol. The summed E-state index contributed by atoms with van der Waals surface area (Å²) in [6.45, 7) is 3.26. The van der Waals surface area contributed by atoms with Crippen LogP contribution >= 0.6 is 0 Å². The van der Waals surface area contributed by atoms with E-state index < -0.39 is 0 Å². The Bertz CT molecular complexity index is 862. The lowest BCUT2D eigenvalue weighted by atomic mass is 10.0. The molecule has 1 unspecified atom stereocenters. The van der Waals surface area contributed by atoms with Crippen molar-refractivity contribution in [3.05, 3.63) is 59.7 Å². The molecule has 0 radical (unpaired) electrons. The number of aliphatic imine (C=N–C) groups is 1. The first-order valence-electron chi connectivity index (χ1n) is 14.3. The number of quaternary nitrogens is 1. The Morgan fingerprint density at radius 2 is 1.17 bits per heavy atom. The predicted octanol–water partition coefficient (Wildman–Crippen LogP) is 6.92. The van der Waals surface area contributed by atoms with Crippen molar-refractivity contribution in [2.45, 2.75) is 116 Å². The van der Waals surface area contributed by atoms with Crippen LogP contribution in [0.2, 0.25) is 0 Å². The highest BCUT2D eigenvalue weighted by atomic mass is 35.5. The summed E-state index contributed by atoms with van der Waals surface area (Å²) in [5.41, 5.74) is 5.31. The molecule has 0 bridgehead atoms. The molecule has 2 nitrogen and oxygen atoms in total. The van der Waals surface area contributed by atoms with E-state index in [1.807, 2.05) is 0 Å². The molecule has 0 aromatic heterocycles. The van der Waals surface area contributed by atoms with Gasteiger partial charge in [-0.05, 0) is 24.5 Å². The van der Waals surface area contributed by atoms with Crippen molar-refractivity contribution >= 4 is 17.7 Å². The summed E-state index contributed by atoms with van der Waals surface area (Å²) in [4.78, 5) is 4.64. The van der Waals surface area contributed by atoms with Gasteiger partial charge < -0.3 is 12.4 Å². The molecule has 1 heterocycles. The molecule has 0 saturated heterocycles. The van der Waals surface area contributed by atoms with E-state index in [1.165, 1.54) is 120 Å². The lowest BCUT2D eigenvalue weighted by Gasteiger charge is -2.26. The second-order valence-corrected chi connectivity index (χ2v) is 10.7. The lowest BCUT2D eigenvalue weighted by molar-refractivity contribution is -0.00000725. The van der Waals surface area contributed by atoms with Gasteiger partial charge in [0.15, 0.2) is 12.0 Å². The van der Waals surface area contributed by atoms with Crippen molar-refractivity contribution in [2.24, 2.45) is 4.99 Å². The zero-order chi connectivity index (χ0) is 23.9. The van der Waals surface area contributed by atoms with E-state index in [0.717, 1.165) is 16.7 Å². The first kappa shape index (κ1) is 29.6. The third-order valence-corrected chi connectivity index (χ3v) is 7.46. The van der Waals surface area contributed by atoms with Gasteiger partial charge in [0.2, 0.25) is 0 Å². The van der Waals surface area contributed by atoms with E-state index in [4.69, 9.17) is 0 Å². The van der Waals surface area contributed by atoms with E-state index in [1.54, 1.807) is 0 Å². The first-order chi connectivity index (χ1) is 16.7. The molecule has 2 aromatic rings. The minimum atomic E-state index is 0. The number of fused-ring (bicyclic) bond motifs is 1. The molecule has 1 atom stereocenters. The number of halogens is 1. The summed E-state index contributed by atoms with van der Waals surface area (Å²) < 4.78 is 0.762. The number of para-hydroxylation sites is 2. The van der Waals surface area contributed by atoms with Crippen molar-refractivity contribution in [3.8, 4) is 0 Å². The highest BCUT2D eigenvalue weighted by Gasteiger charge is 2.31. The highest BCUT2D eigenvalue weighted by Crippen LogP contribution is 2.37. The normalized spacial score (nSPS) is 16.3. The van der Waals surface area contributed by atoms with E-state index in [9.17, 15) is 0 Å². The molecule has 0 spiro atoms. The Kier molecular flexibility index (Phi) is 14.3. The fourth-order valence-corrected chi connectivity index (χ4v) is 5.35. The molecule has 0 fully saturated rings. The van der Waals surface area contributed by atoms with Gasteiger partial charge in [0.25, 0.3) is 0 Å². The summed E-state index contributed by atoms with van der Waals surface area (Å²) in [5, 5.41) is 0. The van der Waals surface area contributed by atoms with Crippen LogP contribution in [-0.2, 0) is 13.0 Å². The number of aryl methyl sites for hydroxylation is 1. The summed E-state index contributed by atoms with van der Waals surface area (Å²) in [7, 11) is 2.26. The van der Waals surface area contributed by atoms with Gasteiger partial charge >= 0.3 is 0 Å². The van der Waals surface area contributed by atoms with E-state index in [-0.39, 0.29) is 12.4 Å². The second kappa shape index (κ2) is 16.9. The molecule has 0 aliphatic carbocycles. The van der Waals surface area contributed by atoms with Crippen LogP contribution in [0.15, 0.2) is 53.5 Å². The quantitative estimate of drug-likeness (QED) is 0.157. The van der Waals surface area contributed by atoms with Gasteiger partial charge in [0.1, 0.15) is 12.2 Å². The first-order valence-corrected chi connectivity index (χ1v) is 14.3. The van der Waals surface area contributed by atoms with Crippen LogP contribution in [0.5, 0.6) is 0 Å². The third kappa shape index (κ3) is 10.5. The molecule has 3 heteroatoms. The zero-order valence-electron chi connectivity index (χ0n) is 22.5. The van der Waals surface area contributed by atoms with Crippen LogP contribution in [0.3, 0.4) is 0 Å². The fraction of sp³-hybridized carbons (Fsp3) is 0.594. The Balaban J connectivity index is 0.00000432. The number of hydrogen-bond acceptors (Lipinski definition) is 1. The highest BCUT2D eigenvalue weighted by molar-refractivity contribution is 5.88. The van der Waals surface area contributed by atoms with Crippen molar-refractivity contribution in [3.63, 3.8) is 0 Å². The van der Waals surface area contributed by atoms with Crippen LogP contribution in [0, 0.1) is 0 Å². The maximum absolute atomic E-state index is 4.64.